The van der Waals surface area contributed by atoms with E-state index in [1.165, 1.54) is 161 Å². The number of aliphatic hydroxyl groups excluding tert-OH is 1. The highest BCUT2D eigenvalue weighted by molar-refractivity contribution is 5.70. The van der Waals surface area contributed by atoms with E-state index in [0.29, 0.717) is 12.8 Å². The zero-order valence-electron chi connectivity index (χ0n) is 33.4. The molecule has 0 aromatic carbocycles. The van der Waals surface area contributed by atoms with Gasteiger partial charge in [-0.3, -0.25) is 9.59 Å². The third-order valence-corrected chi connectivity index (χ3v) is 9.75. The largest absolute Gasteiger partial charge is 0.462 e. The molecule has 0 heterocycles. The zero-order valence-corrected chi connectivity index (χ0v) is 33.4. The van der Waals surface area contributed by atoms with Crippen molar-refractivity contribution in [2.75, 3.05) is 13.2 Å². The summed E-state index contributed by atoms with van der Waals surface area (Å²) in [5.41, 5.74) is 0. The summed E-state index contributed by atoms with van der Waals surface area (Å²) < 4.78 is 10.6. The molecule has 0 amide bonds. The van der Waals surface area contributed by atoms with Gasteiger partial charge in [0, 0.05) is 12.8 Å². The average Bonchev–Trinajstić information content (AvgIpc) is 3.12. The molecule has 294 valence electrons. The lowest BCUT2D eigenvalue weighted by molar-refractivity contribution is -0.161. The standard InChI is InChI=1S/C45H84O5/c1-3-5-7-9-11-13-15-17-19-21-22-24-26-28-30-32-34-36-38-40-45(48)50-43(41-46)42-49-44(47)39-37-35-33-31-29-27-25-23-20-18-16-14-12-10-8-6-4-2/h11,13,17,19,43,46H,3-10,12,14-16,18,20-42H2,1-2H3/b13-11-,19-17-/t43-/m0/s1. The fourth-order valence-corrected chi connectivity index (χ4v) is 6.41. The molecule has 0 bridgehead atoms. The van der Waals surface area contributed by atoms with E-state index in [9.17, 15) is 14.7 Å². The number of ether oxygens (including phenoxy) is 2. The Morgan fingerprint density at radius 3 is 1.22 bits per heavy atom. The molecular formula is C45H84O5. The van der Waals surface area contributed by atoms with Crippen LogP contribution < -0.4 is 0 Å². The van der Waals surface area contributed by atoms with E-state index in [-0.39, 0.29) is 25.2 Å². The molecule has 0 aromatic heterocycles. The minimum absolute atomic E-state index is 0.0626. The van der Waals surface area contributed by atoms with Crippen molar-refractivity contribution in [1.82, 2.24) is 0 Å². The van der Waals surface area contributed by atoms with Gasteiger partial charge in [0.2, 0.25) is 0 Å². The van der Waals surface area contributed by atoms with Crippen molar-refractivity contribution in [3.05, 3.63) is 24.3 Å². The Morgan fingerprint density at radius 2 is 0.800 bits per heavy atom. The second-order valence-electron chi connectivity index (χ2n) is 14.8. The van der Waals surface area contributed by atoms with Crippen molar-refractivity contribution in [3.8, 4) is 0 Å². The van der Waals surface area contributed by atoms with Crippen molar-refractivity contribution >= 4 is 11.9 Å². The Bertz CT molecular complexity index is 761. The summed E-state index contributed by atoms with van der Waals surface area (Å²) in [5.74, 6) is -0.584. The Labute approximate surface area is 311 Å². The van der Waals surface area contributed by atoms with Crippen LogP contribution in [0.3, 0.4) is 0 Å². The summed E-state index contributed by atoms with van der Waals surface area (Å²) >= 11 is 0. The highest BCUT2D eigenvalue weighted by Crippen LogP contribution is 2.15. The van der Waals surface area contributed by atoms with Crippen molar-refractivity contribution in [2.24, 2.45) is 0 Å². The van der Waals surface area contributed by atoms with Crippen LogP contribution in [0.2, 0.25) is 0 Å². The van der Waals surface area contributed by atoms with Gasteiger partial charge in [-0.05, 0) is 44.9 Å². The van der Waals surface area contributed by atoms with Gasteiger partial charge in [-0.1, -0.05) is 199 Å². The lowest BCUT2D eigenvalue weighted by Crippen LogP contribution is -2.28. The molecule has 0 saturated heterocycles. The van der Waals surface area contributed by atoms with Gasteiger partial charge >= 0.3 is 11.9 Å². The molecule has 0 aliphatic rings. The maximum absolute atomic E-state index is 12.2. The van der Waals surface area contributed by atoms with Crippen LogP contribution >= 0.6 is 0 Å². The van der Waals surface area contributed by atoms with Gasteiger partial charge in [0.25, 0.3) is 0 Å². The Hall–Kier alpha value is -1.62. The number of hydrogen-bond acceptors (Lipinski definition) is 5. The molecule has 5 nitrogen and oxygen atoms in total. The van der Waals surface area contributed by atoms with Crippen LogP contribution in [-0.2, 0) is 19.1 Å². The van der Waals surface area contributed by atoms with E-state index < -0.39 is 6.10 Å². The van der Waals surface area contributed by atoms with Crippen LogP contribution in [0.5, 0.6) is 0 Å². The molecule has 0 saturated carbocycles. The molecule has 1 atom stereocenters. The molecule has 5 heteroatoms. The first kappa shape index (κ1) is 48.4. The van der Waals surface area contributed by atoms with Crippen molar-refractivity contribution < 1.29 is 24.2 Å². The first-order chi connectivity index (χ1) is 24.6. The lowest BCUT2D eigenvalue weighted by atomic mass is 10.0. The molecule has 0 unspecified atom stereocenters. The number of carbonyl (C=O) groups excluding carboxylic acids is 2. The van der Waals surface area contributed by atoms with Crippen molar-refractivity contribution in [2.45, 2.75) is 238 Å². The zero-order chi connectivity index (χ0) is 36.4. The van der Waals surface area contributed by atoms with Gasteiger partial charge in [0.15, 0.2) is 6.10 Å². The number of carbonyl (C=O) groups is 2. The van der Waals surface area contributed by atoms with Gasteiger partial charge in [-0.2, -0.15) is 0 Å². The molecular weight excluding hydrogens is 620 g/mol. The molecule has 50 heavy (non-hydrogen) atoms. The van der Waals surface area contributed by atoms with E-state index in [1.807, 2.05) is 0 Å². The molecule has 0 spiro atoms. The van der Waals surface area contributed by atoms with Gasteiger partial charge in [-0.25, -0.2) is 0 Å². The Morgan fingerprint density at radius 1 is 0.460 bits per heavy atom. The SMILES string of the molecule is CCCCC/C=C\C/C=C\CCCCCCCCCCCC(=O)O[C@@H](CO)COC(=O)CCCCCCCCCCCCCCCCCCC. The van der Waals surface area contributed by atoms with Crippen LogP contribution in [0, 0.1) is 0 Å². The van der Waals surface area contributed by atoms with Gasteiger partial charge in [0.05, 0.1) is 6.61 Å². The minimum Gasteiger partial charge on any atom is -0.462 e. The molecule has 0 aliphatic carbocycles. The first-order valence-electron chi connectivity index (χ1n) is 21.9. The van der Waals surface area contributed by atoms with Crippen LogP contribution in [-0.4, -0.2) is 36.4 Å². The normalized spacial score (nSPS) is 12.3. The maximum Gasteiger partial charge on any atom is 0.306 e. The number of esters is 2. The fourth-order valence-electron chi connectivity index (χ4n) is 6.41. The topological polar surface area (TPSA) is 72.8 Å². The van der Waals surface area contributed by atoms with Crippen molar-refractivity contribution in [1.29, 1.82) is 0 Å². The molecule has 0 aliphatic heterocycles. The second kappa shape index (κ2) is 41.8. The number of hydrogen-bond donors (Lipinski definition) is 1. The van der Waals surface area contributed by atoms with Gasteiger partial charge in [0.1, 0.15) is 6.61 Å². The predicted octanol–water partition coefficient (Wildman–Crippen LogP) is 13.8. The summed E-state index contributed by atoms with van der Waals surface area (Å²) in [5, 5.41) is 9.58. The summed E-state index contributed by atoms with van der Waals surface area (Å²) in [7, 11) is 0. The highest BCUT2D eigenvalue weighted by Gasteiger charge is 2.16. The number of rotatable bonds is 40. The third-order valence-electron chi connectivity index (χ3n) is 9.75. The first-order valence-corrected chi connectivity index (χ1v) is 21.9. The quantitative estimate of drug-likeness (QED) is 0.0390. The van der Waals surface area contributed by atoms with E-state index >= 15 is 0 Å². The fraction of sp³-hybridized carbons (Fsp3) is 0.867. The van der Waals surface area contributed by atoms with E-state index in [1.54, 1.807) is 0 Å². The summed E-state index contributed by atoms with van der Waals surface area (Å²) in [6.07, 6.45) is 49.6. The summed E-state index contributed by atoms with van der Waals surface area (Å²) in [4.78, 5) is 24.3. The Balaban J connectivity index is 3.50. The number of unbranched alkanes of at least 4 members (excludes halogenated alkanes) is 28. The molecule has 1 N–H and O–H groups in total. The number of aliphatic hydroxyl groups is 1. The molecule has 0 fully saturated rings. The second-order valence-corrected chi connectivity index (χ2v) is 14.8. The minimum atomic E-state index is -0.769. The lowest BCUT2D eigenvalue weighted by Gasteiger charge is -2.15. The summed E-state index contributed by atoms with van der Waals surface area (Å²) in [6.45, 7) is 4.13. The van der Waals surface area contributed by atoms with E-state index in [0.717, 1.165) is 44.9 Å². The average molecular weight is 705 g/mol. The van der Waals surface area contributed by atoms with Crippen LogP contribution in [0.15, 0.2) is 24.3 Å². The predicted molar refractivity (Wildman–Crippen MR) is 215 cm³/mol. The third kappa shape index (κ3) is 39.2. The van der Waals surface area contributed by atoms with Gasteiger partial charge in [-0.15, -0.1) is 0 Å². The van der Waals surface area contributed by atoms with Crippen molar-refractivity contribution in [3.63, 3.8) is 0 Å². The highest BCUT2D eigenvalue weighted by atomic mass is 16.6. The Kier molecular flexibility index (Phi) is 40.4. The summed E-state index contributed by atoms with van der Waals surface area (Å²) in [6, 6.07) is 0. The molecule has 0 rings (SSSR count). The van der Waals surface area contributed by atoms with E-state index in [4.69, 9.17) is 9.47 Å². The van der Waals surface area contributed by atoms with Crippen LogP contribution in [0.1, 0.15) is 232 Å². The van der Waals surface area contributed by atoms with E-state index in [2.05, 4.69) is 38.2 Å². The smallest absolute Gasteiger partial charge is 0.306 e. The monoisotopic (exact) mass is 705 g/mol. The maximum atomic E-state index is 12.2. The van der Waals surface area contributed by atoms with Crippen LogP contribution in [0.4, 0.5) is 0 Å². The molecule has 0 aromatic rings. The van der Waals surface area contributed by atoms with Gasteiger partial charge < -0.3 is 14.6 Å². The number of allylic oxidation sites excluding steroid dienone is 4. The molecule has 0 radical (unpaired) electrons. The van der Waals surface area contributed by atoms with Crippen LogP contribution in [0.25, 0.3) is 0 Å².